The van der Waals surface area contributed by atoms with Gasteiger partial charge in [-0.3, -0.25) is 0 Å². The zero-order chi connectivity index (χ0) is 3.54. The molecule has 1 rings (SSSR count). The quantitative estimate of drug-likeness (QED) is 0.418. The van der Waals surface area contributed by atoms with E-state index in [1.54, 1.807) is 0 Å². The summed E-state index contributed by atoms with van der Waals surface area (Å²) in [5.74, 6) is 0. The summed E-state index contributed by atoms with van der Waals surface area (Å²) in [7, 11) is 0. The molecule has 6 heavy (non-hydrogen) atoms. The highest BCUT2D eigenvalue weighted by Gasteiger charge is 1.61. The zero-order valence-corrected chi connectivity index (χ0v) is 2.96. The molecule has 0 fully saturated rings. The summed E-state index contributed by atoms with van der Waals surface area (Å²) in [4.78, 5) is 0. The molecule has 1 heterocycles. The first kappa shape index (κ1) is 5.10. The summed E-state index contributed by atoms with van der Waals surface area (Å²) in [6.07, 6.45) is 2.94. The van der Waals surface area contributed by atoms with Gasteiger partial charge in [0, 0.05) is 0 Å². The third-order valence-electron chi connectivity index (χ3n) is 0.283. The Labute approximate surface area is 34.0 Å². The second kappa shape index (κ2) is 2.34. The normalized spacial score (nSPS) is 6.67. The summed E-state index contributed by atoms with van der Waals surface area (Å²) in [6, 6.07) is 0. The van der Waals surface area contributed by atoms with Crippen LogP contribution in [0.15, 0.2) is 17.0 Å². The predicted octanol–water partition coefficient (Wildman–Crippen LogP) is -0.755. The standard InChI is InChI=1S/C2H2N2O.H2O/c1-2-4-5-3-1;/h1-2H;1H2. The largest absolute Gasteiger partial charge is 0.412 e. The van der Waals surface area contributed by atoms with E-state index in [1.165, 1.54) is 12.4 Å². The number of hydrogen-bond donors (Lipinski definition) is 0. The highest BCUT2D eigenvalue weighted by atomic mass is 16.6. The van der Waals surface area contributed by atoms with Gasteiger partial charge in [0.05, 0.1) is 12.4 Å². The zero-order valence-electron chi connectivity index (χ0n) is 2.96. The average Bonchev–Trinajstić information content (AvgIpc) is 1.76. The number of nitrogens with zero attached hydrogens (tertiary/aromatic N) is 2. The highest BCUT2D eigenvalue weighted by molar-refractivity contribution is 4.51. The van der Waals surface area contributed by atoms with Crippen LogP contribution in [0.1, 0.15) is 0 Å². The molecule has 0 saturated carbocycles. The van der Waals surface area contributed by atoms with Crippen molar-refractivity contribution in [1.29, 1.82) is 0 Å². The minimum Gasteiger partial charge on any atom is -0.412 e. The first-order chi connectivity index (χ1) is 2.50. The van der Waals surface area contributed by atoms with Crippen molar-refractivity contribution in [2.75, 3.05) is 0 Å². The third kappa shape index (κ3) is 0.813. The molecule has 34 valence electrons. The SMILES string of the molecule is O.c1cnon1. The number of hydrogen-bond acceptors (Lipinski definition) is 3. The molecule has 0 aliphatic carbocycles. The Morgan fingerprint density at radius 1 is 1.17 bits per heavy atom. The van der Waals surface area contributed by atoms with Gasteiger partial charge in [0.1, 0.15) is 0 Å². The number of rotatable bonds is 0. The minimum atomic E-state index is 0. The second-order valence-electron chi connectivity index (χ2n) is 0.591. The predicted molar refractivity (Wildman–Crippen MR) is 17.9 cm³/mol. The van der Waals surface area contributed by atoms with E-state index in [2.05, 4.69) is 14.9 Å². The van der Waals surface area contributed by atoms with E-state index in [9.17, 15) is 0 Å². The first-order valence-corrected chi connectivity index (χ1v) is 1.21. The van der Waals surface area contributed by atoms with Crippen LogP contribution in [0.3, 0.4) is 0 Å². The lowest BCUT2D eigenvalue weighted by Gasteiger charge is -1.45. The van der Waals surface area contributed by atoms with Crippen molar-refractivity contribution in [3.63, 3.8) is 0 Å². The summed E-state index contributed by atoms with van der Waals surface area (Å²) in [6.45, 7) is 0. The summed E-state index contributed by atoms with van der Waals surface area (Å²) < 4.78 is 4.08. The molecule has 4 heteroatoms. The molecule has 1 aromatic heterocycles. The van der Waals surface area contributed by atoms with Crippen molar-refractivity contribution in [2.45, 2.75) is 0 Å². The Morgan fingerprint density at radius 2 is 1.67 bits per heavy atom. The number of aromatic nitrogens is 2. The van der Waals surface area contributed by atoms with Crippen LogP contribution in [0.4, 0.5) is 0 Å². The van der Waals surface area contributed by atoms with E-state index in [4.69, 9.17) is 0 Å². The lowest BCUT2D eigenvalue weighted by molar-refractivity contribution is 0.307. The van der Waals surface area contributed by atoms with Crippen molar-refractivity contribution in [3.05, 3.63) is 12.4 Å². The van der Waals surface area contributed by atoms with E-state index in [0.29, 0.717) is 0 Å². The van der Waals surface area contributed by atoms with E-state index in [0.717, 1.165) is 0 Å². The van der Waals surface area contributed by atoms with Crippen LogP contribution in [0.25, 0.3) is 0 Å². The molecule has 0 radical (unpaired) electrons. The molecule has 0 unspecified atom stereocenters. The molecule has 0 atom stereocenters. The van der Waals surface area contributed by atoms with Crippen LogP contribution >= 0.6 is 0 Å². The van der Waals surface area contributed by atoms with Gasteiger partial charge in [0.15, 0.2) is 0 Å². The van der Waals surface area contributed by atoms with Crippen molar-refractivity contribution >= 4 is 0 Å². The highest BCUT2D eigenvalue weighted by Crippen LogP contribution is 1.62. The van der Waals surface area contributed by atoms with E-state index in [1.807, 2.05) is 0 Å². The Hall–Kier alpha value is -0.900. The van der Waals surface area contributed by atoms with E-state index >= 15 is 0 Å². The topological polar surface area (TPSA) is 70.4 Å². The fraction of sp³-hybridized carbons (Fsp3) is 0. The molecular weight excluding hydrogens is 84.0 g/mol. The lowest BCUT2D eigenvalue weighted by atomic mass is 11.0. The first-order valence-electron chi connectivity index (χ1n) is 1.21. The summed E-state index contributed by atoms with van der Waals surface area (Å²) in [5, 5.41) is 6.47. The van der Waals surface area contributed by atoms with Gasteiger partial charge in [-0.15, -0.1) is 0 Å². The second-order valence-corrected chi connectivity index (χ2v) is 0.591. The van der Waals surface area contributed by atoms with Crippen LogP contribution in [0.5, 0.6) is 0 Å². The Morgan fingerprint density at radius 3 is 1.83 bits per heavy atom. The molecule has 2 N–H and O–H groups in total. The van der Waals surface area contributed by atoms with Gasteiger partial charge < -0.3 is 5.48 Å². The van der Waals surface area contributed by atoms with Crippen molar-refractivity contribution in [2.24, 2.45) is 0 Å². The molecule has 0 bridgehead atoms. The van der Waals surface area contributed by atoms with Crippen LogP contribution in [0.2, 0.25) is 0 Å². The van der Waals surface area contributed by atoms with Gasteiger partial charge in [-0.05, 0) is 0 Å². The molecule has 0 amide bonds. The molecule has 1 aromatic rings. The van der Waals surface area contributed by atoms with Gasteiger partial charge in [-0.25, -0.2) is 4.63 Å². The Balaban J connectivity index is 0.000000250. The molecule has 0 aliphatic heterocycles. The maximum absolute atomic E-state index is 4.08. The summed E-state index contributed by atoms with van der Waals surface area (Å²) >= 11 is 0. The van der Waals surface area contributed by atoms with Crippen molar-refractivity contribution in [1.82, 2.24) is 10.3 Å². The smallest absolute Gasteiger partial charge is 0.0913 e. The Kier molecular flexibility index (Phi) is 1.99. The van der Waals surface area contributed by atoms with Crippen molar-refractivity contribution < 1.29 is 10.1 Å². The fourth-order valence-electron chi connectivity index (χ4n) is 0.136. The van der Waals surface area contributed by atoms with Crippen molar-refractivity contribution in [3.8, 4) is 0 Å². The maximum atomic E-state index is 4.08. The average molecular weight is 88.1 g/mol. The molecule has 0 saturated heterocycles. The van der Waals surface area contributed by atoms with Gasteiger partial charge >= 0.3 is 0 Å². The van der Waals surface area contributed by atoms with Gasteiger partial charge in [-0.2, -0.15) is 0 Å². The molecule has 0 aromatic carbocycles. The van der Waals surface area contributed by atoms with Gasteiger partial charge in [0.25, 0.3) is 0 Å². The fourth-order valence-corrected chi connectivity index (χ4v) is 0.136. The third-order valence-corrected chi connectivity index (χ3v) is 0.283. The molecule has 0 aliphatic rings. The van der Waals surface area contributed by atoms with Crippen LogP contribution < -0.4 is 0 Å². The van der Waals surface area contributed by atoms with E-state index in [-0.39, 0.29) is 5.48 Å². The Bertz CT molecular complexity index is 66.0. The lowest BCUT2D eigenvalue weighted by Crippen LogP contribution is -1.44. The van der Waals surface area contributed by atoms with Gasteiger partial charge in [-0.1, -0.05) is 10.3 Å². The molecular formula is C2H4N2O2. The molecule has 4 nitrogen and oxygen atoms in total. The van der Waals surface area contributed by atoms with Crippen LogP contribution in [-0.4, -0.2) is 15.8 Å². The maximum Gasteiger partial charge on any atom is 0.0913 e. The van der Waals surface area contributed by atoms with E-state index < -0.39 is 0 Å². The molecule has 0 spiro atoms. The summed E-state index contributed by atoms with van der Waals surface area (Å²) in [5.41, 5.74) is 0. The monoisotopic (exact) mass is 88.0 g/mol. The minimum absolute atomic E-state index is 0. The van der Waals surface area contributed by atoms with Crippen LogP contribution in [-0.2, 0) is 0 Å². The van der Waals surface area contributed by atoms with Gasteiger partial charge in [0.2, 0.25) is 0 Å². The van der Waals surface area contributed by atoms with Crippen LogP contribution in [0, 0.1) is 0 Å².